The smallest absolute Gasteiger partial charge is 0.192 e. The van der Waals surface area contributed by atoms with E-state index in [1.807, 2.05) is 37.4 Å². The fraction of sp³-hybridized carbons (Fsp3) is 1.00. The molecular weight excluding hydrogens is 797 g/mol. The zero-order valence-electron chi connectivity index (χ0n) is 38.2. The van der Waals surface area contributed by atoms with Gasteiger partial charge in [-0.25, -0.2) is 0 Å². The zero-order chi connectivity index (χ0) is 41.7. The van der Waals surface area contributed by atoms with Crippen molar-refractivity contribution >= 4 is 55.4 Å². The van der Waals surface area contributed by atoms with E-state index in [-0.39, 0.29) is 39.3 Å². The number of ether oxygens (including phenoxy) is 3. The molecule has 0 saturated carbocycles. The Balaban J connectivity index is 1.50. The molecule has 56 heavy (non-hydrogen) atoms. The summed E-state index contributed by atoms with van der Waals surface area (Å²) in [6.45, 7) is 30.3. The number of rotatable bonds is 18. The van der Waals surface area contributed by atoms with Crippen molar-refractivity contribution in [3.63, 3.8) is 0 Å². The summed E-state index contributed by atoms with van der Waals surface area (Å²) in [5.74, 6) is 6.55. The first-order valence-electron chi connectivity index (χ1n) is 22.6. The molecule has 12 atom stereocenters. The molecule has 6 nitrogen and oxygen atoms in total. The fourth-order valence-corrected chi connectivity index (χ4v) is 17.7. The third-order valence-electron chi connectivity index (χ3n) is 14.8. The van der Waals surface area contributed by atoms with E-state index < -0.39 is 32.4 Å². The highest BCUT2D eigenvalue weighted by Gasteiger charge is 2.51. The molecule has 0 aromatic heterocycles. The molecule has 2 N–H and O–H groups in total. The van der Waals surface area contributed by atoms with Gasteiger partial charge in [0, 0.05) is 38.4 Å². The van der Waals surface area contributed by atoms with Gasteiger partial charge in [-0.1, -0.05) is 69.2 Å². The number of thioether (sulfide) groups is 4. The number of aliphatic hydroxyl groups excluding tert-OH is 2. The number of aliphatic hydroxyl groups is 2. The Morgan fingerprint density at radius 3 is 1.95 bits per heavy atom. The summed E-state index contributed by atoms with van der Waals surface area (Å²) in [5.41, 5.74) is 0. The molecule has 0 aliphatic carbocycles. The van der Waals surface area contributed by atoms with Crippen molar-refractivity contribution in [2.75, 3.05) is 30.1 Å². The van der Waals surface area contributed by atoms with Crippen LogP contribution < -0.4 is 0 Å². The summed E-state index contributed by atoms with van der Waals surface area (Å²) >= 11 is 8.36. The molecule has 11 heteroatoms. The van der Waals surface area contributed by atoms with Crippen LogP contribution in [0, 0.1) is 35.5 Å². The van der Waals surface area contributed by atoms with E-state index in [9.17, 15) is 10.2 Å². The van der Waals surface area contributed by atoms with Gasteiger partial charge < -0.3 is 28.8 Å². The van der Waals surface area contributed by atoms with Crippen LogP contribution in [-0.2, 0) is 18.6 Å². The molecule has 4 saturated heterocycles. The van der Waals surface area contributed by atoms with Gasteiger partial charge in [0.15, 0.2) is 14.1 Å². The van der Waals surface area contributed by atoms with E-state index in [4.69, 9.17) is 18.6 Å². The maximum Gasteiger partial charge on any atom is 0.192 e. The Labute approximate surface area is 363 Å². The first kappa shape index (κ1) is 50.0. The second-order valence-corrected chi connectivity index (χ2v) is 31.8. The molecule has 1 spiro atoms. The number of methoxy groups -OCH3 is 1. The van der Waals surface area contributed by atoms with E-state index in [1.54, 1.807) is 7.11 Å². The van der Waals surface area contributed by atoms with Crippen LogP contribution in [0.5, 0.6) is 0 Å². The van der Waals surface area contributed by atoms with Crippen molar-refractivity contribution in [2.24, 2.45) is 35.5 Å². The van der Waals surface area contributed by atoms with E-state index in [0.29, 0.717) is 34.2 Å². The van der Waals surface area contributed by atoms with Crippen molar-refractivity contribution in [1.29, 1.82) is 0 Å². The maximum absolute atomic E-state index is 11.8. The average Bonchev–Trinajstić information content (AvgIpc) is 3.14. The van der Waals surface area contributed by atoms with Crippen LogP contribution in [0.2, 0.25) is 18.1 Å². The largest absolute Gasteiger partial charge is 0.414 e. The van der Waals surface area contributed by atoms with Crippen LogP contribution in [0.4, 0.5) is 0 Å². The molecule has 0 aromatic carbocycles. The van der Waals surface area contributed by atoms with Crippen molar-refractivity contribution in [2.45, 2.75) is 215 Å². The van der Waals surface area contributed by atoms with Crippen LogP contribution in [0.25, 0.3) is 0 Å². The predicted molar refractivity (Wildman–Crippen MR) is 250 cm³/mol. The van der Waals surface area contributed by atoms with E-state index in [1.165, 1.54) is 37.2 Å². The Kier molecular flexibility index (Phi) is 18.9. The molecule has 0 bridgehead atoms. The Bertz CT molecular complexity index is 1170. The monoisotopic (exact) mass is 883 g/mol. The van der Waals surface area contributed by atoms with Gasteiger partial charge in [-0.2, -0.15) is 0 Å². The topological polar surface area (TPSA) is 77.4 Å². The molecule has 0 unspecified atom stereocenters. The van der Waals surface area contributed by atoms with Crippen molar-refractivity contribution in [1.82, 2.24) is 0 Å². The lowest BCUT2D eigenvalue weighted by atomic mass is 9.80. The first-order valence-corrected chi connectivity index (χ1v) is 29.4. The van der Waals surface area contributed by atoms with E-state index >= 15 is 0 Å². The minimum Gasteiger partial charge on any atom is -0.414 e. The van der Waals surface area contributed by atoms with Gasteiger partial charge in [0.25, 0.3) is 0 Å². The third-order valence-corrected chi connectivity index (χ3v) is 26.7. The highest BCUT2D eigenvalue weighted by atomic mass is 32.2. The summed E-state index contributed by atoms with van der Waals surface area (Å²) in [6, 6.07) is 0. The van der Waals surface area contributed by atoms with Crippen LogP contribution in [0.1, 0.15) is 147 Å². The second-order valence-electron chi connectivity index (χ2n) is 20.6. The Hall–Kier alpha value is 1.38. The van der Waals surface area contributed by atoms with Crippen LogP contribution >= 0.6 is 47.0 Å². The summed E-state index contributed by atoms with van der Waals surface area (Å²) in [4.78, 5) is 0. The predicted octanol–water partition coefficient (Wildman–Crippen LogP) is 12.1. The molecule has 0 aromatic rings. The molecular formula is C45H86O6S4Si. The summed E-state index contributed by atoms with van der Waals surface area (Å²) in [5, 5.41) is 22.9. The number of hydrogen-bond donors (Lipinski definition) is 2. The quantitative estimate of drug-likeness (QED) is 0.103. The average molecular weight is 884 g/mol. The molecule has 4 aliphatic rings. The molecule has 4 heterocycles. The van der Waals surface area contributed by atoms with Gasteiger partial charge in [-0.15, -0.1) is 47.0 Å². The Morgan fingerprint density at radius 1 is 0.821 bits per heavy atom. The van der Waals surface area contributed by atoms with Gasteiger partial charge in [-0.3, -0.25) is 0 Å². The molecule has 4 rings (SSSR count). The lowest BCUT2D eigenvalue weighted by Crippen LogP contribution is -2.54. The minimum absolute atomic E-state index is 0.000444. The highest BCUT2D eigenvalue weighted by molar-refractivity contribution is 8.19. The van der Waals surface area contributed by atoms with Crippen LogP contribution in [0.3, 0.4) is 0 Å². The summed E-state index contributed by atoms with van der Waals surface area (Å²) < 4.78 is 27.8. The number of hydrogen-bond acceptors (Lipinski definition) is 10. The van der Waals surface area contributed by atoms with Crippen LogP contribution in [0.15, 0.2) is 0 Å². The maximum atomic E-state index is 11.8. The minimum atomic E-state index is -2.13. The van der Waals surface area contributed by atoms with Gasteiger partial charge in [0.05, 0.1) is 32.6 Å². The fourth-order valence-electron chi connectivity index (χ4n) is 9.33. The first-order chi connectivity index (χ1) is 26.1. The third kappa shape index (κ3) is 12.5. The van der Waals surface area contributed by atoms with Gasteiger partial charge in [0.1, 0.15) is 6.10 Å². The van der Waals surface area contributed by atoms with Crippen molar-refractivity contribution in [3.05, 3.63) is 0 Å². The van der Waals surface area contributed by atoms with Crippen molar-refractivity contribution < 1.29 is 28.8 Å². The van der Waals surface area contributed by atoms with E-state index in [0.717, 1.165) is 50.0 Å². The highest BCUT2D eigenvalue weighted by Crippen LogP contribution is 2.55. The van der Waals surface area contributed by atoms with Gasteiger partial charge >= 0.3 is 0 Å². The lowest BCUT2D eigenvalue weighted by molar-refractivity contribution is -0.338. The second kappa shape index (κ2) is 21.2. The zero-order valence-corrected chi connectivity index (χ0v) is 42.5. The SMILES string of the molecule is CO[C@H]([C@H](O)C(C)C)[13C@H](O)[13CH2]C1([13C@H](C)[13C@H](CC[C@@H](C)[C@@H]2O[C@]3(CC[C@@H](C)[C@H](CC[C@H](C)C4(C)SCCCS4)O3)CC[C@@H]2C)O[Si](C)(C)C(C)(C)C)SCCCS1. The normalized spacial score (nSPS) is 32.7. The molecule has 0 radical (unpaired) electrons. The van der Waals surface area contributed by atoms with Gasteiger partial charge in [-0.05, 0) is 129 Å². The van der Waals surface area contributed by atoms with Gasteiger partial charge in [0.2, 0.25) is 0 Å². The molecule has 0 amide bonds. The summed E-state index contributed by atoms with van der Waals surface area (Å²) in [7, 11) is -0.510. The van der Waals surface area contributed by atoms with E-state index in [2.05, 4.69) is 98.9 Å². The standard InChI is InChI=1S/C45H86O6S4Si/c1-30(2)39(47)41(48-12)36(46)29-45(54-27-16-28-55-45)35(7)38(51-56(13,14)42(8,9)10)19-17-32(4)40-33(5)22-24-44(50-40)23-21-31(3)37(49-44)20-18-34(6)43(11)52-25-15-26-53-43/h30-41,46-47H,15-29H2,1-14H3/t31-,32-,33+,34+,35-,36-,37+,38+,39-,40+,41+,44-/m1/s1/i29+1,35+1,36+1,38+1. The summed E-state index contributed by atoms with van der Waals surface area (Å²) in [6.07, 6.45) is 10.1. The Morgan fingerprint density at radius 2 is 1.39 bits per heavy atom. The molecule has 4 fully saturated rings. The van der Waals surface area contributed by atoms with Crippen molar-refractivity contribution in [3.8, 4) is 0 Å². The lowest BCUT2D eigenvalue weighted by Gasteiger charge is -2.51. The molecule has 330 valence electrons. The molecule has 4 aliphatic heterocycles. The van der Waals surface area contributed by atoms with Crippen LogP contribution in [-0.4, -0.2) is 99.2 Å².